The number of halogens is 1. The molecule has 0 amide bonds. The predicted octanol–water partition coefficient (Wildman–Crippen LogP) is 3.75. The van der Waals surface area contributed by atoms with Crippen LogP contribution in [0.25, 0.3) is 0 Å². The molecule has 0 saturated carbocycles. The maximum Gasteiger partial charge on any atom is 0.191 e. The Bertz CT molecular complexity index is 727. The topological polar surface area (TPSA) is 45.7 Å². The first-order chi connectivity index (χ1) is 12.7. The van der Waals surface area contributed by atoms with E-state index in [0.717, 1.165) is 49.1 Å². The van der Waals surface area contributed by atoms with E-state index in [0.29, 0.717) is 6.54 Å². The highest BCUT2D eigenvalue weighted by Gasteiger charge is 2.34. The van der Waals surface area contributed by atoms with Crippen LogP contribution >= 0.6 is 11.6 Å². The van der Waals surface area contributed by atoms with Crippen molar-refractivity contribution in [2.75, 3.05) is 26.8 Å². The van der Waals surface area contributed by atoms with Crippen LogP contribution in [0.1, 0.15) is 24.0 Å². The highest BCUT2D eigenvalue weighted by Crippen LogP contribution is 2.34. The summed E-state index contributed by atoms with van der Waals surface area (Å²) in [6.45, 7) is 3.05. The average molecular weight is 372 g/mol. The number of nitrogens with one attached hydrogen (secondary N) is 2. The average Bonchev–Trinajstić information content (AvgIpc) is 2.71. The largest absolute Gasteiger partial charge is 0.381 e. The Morgan fingerprint density at radius 1 is 1.04 bits per heavy atom. The van der Waals surface area contributed by atoms with Gasteiger partial charge in [0.25, 0.3) is 0 Å². The minimum atomic E-state index is 0.0710. The van der Waals surface area contributed by atoms with Gasteiger partial charge in [-0.15, -0.1) is 0 Å². The second kappa shape index (κ2) is 9.06. The molecular formula is C21H26ClN3O. The van der Waals surface area contributed by atoms with Crippen molar-refractivity contribution in [2.24, 2.45) is 4.99 Å². The third-order valence-electron chi connectivity index (χ3n) is 5.06. The molecule has 1 saturated heterocycles. The Balaban J connectivity index is 1.65. The number of hydrogen-bond acceptors (Lipinski definition) is 2. The number of hydrogen-bond donors (Lipinski definition) is 2. The number of nitrogens with zero attached hydrogens (tertiary/aromatic N) is 1. The fourth-order valence-electron chi connectivity index (χ4n) is 3.42. The zero-order valence-electron chi connectivity index (χ0n) is 15.2. The second-order valence-electron chi connectivity index (χ2n) is 6.63. The molecular weight excluding hydrogens is 346 g/mol. The van der Waals surface area contributed by atoms with Crippen molar-refractivity contribution in [1.82, 2.24) is 10.6 Å². The molecule has 0 unspecified atom stereocenters. The smallest absolute Gasteiger partial charge is 0.191 e. The van der Waals surface area contributed by atoms with Crippen molar-refractivity contribution in [3.05, 3.63) is 70.7 Å². The number of rotatable bonds is 5. The van der Waals surface area contributed by atoms with Crippen molar-refractivity contribution in [1.29, 1.82) is 0 Å². The monoisotopic (exact) mass is 371 g/mol. The second-order valence-corrected chi connectivity index (χ2v) is 7.04. The Morgan fingerprint density at radius 3 is 2.42 bits per heavy atom. The lowest BCUT2D eigenvalue weighted by Crippen LogP contribution is -2.47. The highest BCUT2D eigenvalue weighted by atomic mass is 35.5. The van der Waals surface area contributed by atoms with E-state index in [4.69, 9.17) is 16.3 Å². The molecule has 0 bridgehead atoms. The van der Waals surface area contributed by atoms with Gasteiger partial charge in [0.2, 0.25) is 0 Å². The lowest BCUT2D eigenvalue weighted by atomic mass is 9.74. The first kappa shape index (κ1) is 18.7. The third-order valence-corrected chi connectivity index (χ3v) is 5.43. The molecule has 2 N–H and O–H groups in total. The van der Waals surface area contributed by atoms with Gasteiger partial charge < -0.3 is 15.4 Å². The third kappa shape index (κ3) is 4.57. The SMILES string of the molecule is CN=C(NCc1ccccc1Cl)NCC1(c2ccccc2)CCOCC1. The first-order valence-electron chi connectivity index (χ1n) is 9.05. The lowest BCUT2D eigenvalue weighted by Gasteiger charge is -2.38. The van der Waals surface area contributed by atoms with E-state index in [2.05, 4.69) is 46.0 Å². The van der Waals surface area contributed by atoms with Gasteiger partial charge >= 0.3 is 0 Å². The van der Waals surface area contributed by atoms with E-state index in [1.54, 1.807) is 7.05 Å². The Kier molecular flexibility index (Phi) is 6.53. The summed E-state index contributed by atoms with van der Waals surface area (Å²) >= 11 is 6.24. The van der Waals surface area contributed by atoms with Gasteiger partial charge in [-0.3, -0.25) is 4.99 Å². The van der Waals surface area contributed by atoms with E-state index in [1.807, 2.05) is 24.3 Å². The van der Waals surface area contributed by atoms with Gasteiger partial charge in [0.15, 0.2) is 5.96 Å². The van der Waals surface area contributed by atoms with Gasteiger partial charge in [-0.25, -0.2) is 0 Å². The molecule has 26 heavy (non-hydrogen) atoms. The molecule has 0 radical (unpaired) electrons. The molecule has 2 aromatic carbocycles. The minimum Gasteiger partial charge on any atom is -0.381 e. The zero-order chi connectivity index (χ0) is 18.2. The van der Waals surface area contributed by atoms with Crippen LogP contribution in [0.4, 0.5) is 0 Å². The van der Waals surface area contributed by atoms with Crippen LogP contribution in [0.2, 0.25) is 5.02 Å². The van der Waals surface area contributed by atoms with Gasteiger partial charge in [0.05, 0.1) is 0 Å². The predicted molar refractivity (Wildman–Crippen MR) is 108 cm³/mol. The highest BCUT2D eigenvalue weighted by molar-refractivity contribution is 6.31. The number of aliphatic imine (C=N–C) groups is 1. The molecule has 1 aliphatic heterocycles. The molecule has 0 atom stereocenters. The fourth-order valence-corrected chi connectivity index (χ4v) is 3.62. The molecule has 1 aliphatic rings. The summed E-state index contributed by atoms with van der Waals surface area (Å²) in [7, 11) is 1.79. The minimum absolute atomic E-state index is 0.0710. The molecule has 138 valence electrons. The fraction of sp³-hybridized carbons (Fsp3) is 0.381. The normalized spacial score (nSPS) is 16.9. The summed E-state index contributed by atoms with van der Waals surface area (Å²) in [5, 5.41) is 7.63. The summed E-state index contributed by atoms with van der Waals surface area (Å²) in [4.78, 5) is 4.36. The number of ether oxygens (including phenoxy) is 1. The maximum absolute atomic E-state index is 6.24. The van der Waals surface area contributed by atoms with Gasteiger partial charge in [0, 0.05) is 43.8 Å². The van der Waals surface area contributed by atoms with Crippen LogP contribution in [0.5, 0.6) is 0 Å². The van der Waals surface area contributed by atoms with Crippen molar-refractivity contribution < 1.29 is 4.74 Å². The van der Waals surface area contributed by atoms with E-state index in [1.165, 1.54) is 5.56 Å². The summed E-state index contributed by atoms with van der Waals surface area (Å²) < 4.78 is 5.61. The Labute approximate surface area is 160 Å². The van der Waals surface area contributed by atoms with Gasteiger partial charge in [-0.2, -0.15) is 0 Å². The molecule has 0 aliphatic carbocycles. The molecule has 4 nitrogen and oxygen atoms in total. The van der Waals surface area contributed by atoms with E-state index < -0.39 is 0 Å². The first-order valence-corrected chi connectivity index (χ1v) is 9.42. The van der Waals surface area contributed by atoms with E-state index >= 15 is 0 Å². The maximum atomic E-state index is 6.24. The van der Waals surface area contributed by atoms with Gasteiger partial charge in [-0.1, -0.05) is 60.1 Å². The van der Waals surface area contributed by atoms with Crippen LogP contribution in [-0.2, 0) is 16.7 Å². The van der Waals surface area contributed by atoms with Crippen molar-refractivity contribution >= 4 is 17.6 Å². The van der Waals surface area contributed by atoms with Crippen molar-refractivity contribution in [3.63, 3.8) is 0 Å². The molecule has 2 aromatic rings. The van der Waals surface area contributed by atoms with Crippen LogP contribution in [0.3, 0.4) is 0 Å². The summed E-state index contributed by atoms with van der Waals surface area (Å²) in [6, 6.07) is 18.6. The van der Waals surface area contributed by atoms with E-state index in [-0.39, 0.29) is 5.41 Å². The lowest BCUT2D eigenvalue weighted by molar-refractivity contribution is 0.0514. The van der Waals surface area contributed by atoms with Crippen LogP contribution in [0.15, 0.2) is 59.6 Å². The standard InChI is InChI=1S/C21H26ClN3O/c1-23-20(24-15-17-7-5-6-10-19(17)22)25-16-21(11-13-26-14-12-21)18-8-3-2-4-9-18/h2-10H,11-16H2,1H3,(H2,23,24,25). The van der Waals surface area contributed by atoms with Crippen molar-refractivity contribution in [3.8, 4) is 0 Å². The summed E-state index contributed by atoms with van der Waals surface area (Å²) in [5.74, 6) is 0.784. The molecule has 0 spiro atoms. The Morgan fingerprint density at radius 2 is 1.73 bits per heavy atom. The van der Waals surface area contributed by atoms with Crippen molar-refractivity contribution in [2.45, 2.75) is 24.8 Å². The summed E-state index contributed by atoms with van der Waals surface area (Å²) in [6.07, 6.45) is 2.01. The van der Waals surface area contributed by atoms with Crippen LogP contribution < -0.4 is 10.6 Å². The Hall–Kier alpha value is -2.04. The molecule has 1 fully saturated rings. The zero-order valence-corrected chi connectivity index (χ0v) is 15.9. The number of benzene rings is 2. The summed E-state index contributed by atoms with van der Waals surface area (Å²) in [5.41, 5.74) is 2.49. The van der Waals surface area contributed by atoms with Crippen LogP contribution in [-0.4, -0.2) is 32.8 Å². The van der Waals surface area contributed by atoms with Crippen LogP contribution in [0, 0.1) is 0 Å². The van der Waals surface area contributed by atoms with E-state index in [9.17, 15) is 0 Å². The molecule has 5 heteroatoms. The quantitative estimate of drug-likeness (QED) is 0.621. The number of guanidine groups is 1. The van der Waals surface area contributed by atoms with Gasteiger partial charge in [0.1, 0.15) is 0 Å². The van der Waals surface area contributed by atoms with Gasteiger partial charge in [-0.05, 0) is 30.0 Å². The molecule has 3 rings (SSSR count). The molecule has 1 heterocycles. The molecule has 0 aromatic heterocycles.